The Kier molecular flexibility index (Phi) is 6.48. The highest BCUT2D eigenvalue weighted by Gasteiger charge is 2.10. The summed E-state index contributed by atoms with van der Waals surface area (Å²) in [4.78, 5) is 12.0. The molecule has 0 atom stereocenters. The fourth-order valence-corrected chi connectivity index (χ4v) is 1.56. The molecule has 0 spiro atoms. The molecule has 114 valence electrons. The molecular formula is C14H19N3O3S. The van der Waals surface area contributed by atoms with Crippen molar-refractivity contribution < 1.29 is 14.3 Å². The molecular weight excluding hydrogens is 290 g/mol. The molecule has 1 rings (SSSR count). The monoisotopic (exact) mass is 309 g/mol. The number of thiocarbonyl (C=S) groups is 1. The number of amides is 1. The lowest BCUT2D eigenvalue weighted by Gasteiger charge is -2.12. The molecule has 0 unspecified atom stereocenters. The number of nitrogens with one attached hydrogen (secondary N) is 3. The SMILES string of the molecule is C=C(C)CNC(=S)NNC(=O)c1ccc(OC)c(OC)c1. The van der Waals surface area contributed by atoms with Crippen molar-refractivity contribution in [3.63, 3.8) is 0 Å². The maximum atomic E-state index is 12.0. The Bertz CT molecular complexity index is 546. The lowest BCUT2D eigenvalue weighted by molar-refractivity contribution is 0.0943. The Morgan fingerprint density at radius 1 is 1.24 bits per heavy atom. The van der Waals surface area contributed by atoms with Gasteiger partial charge in [0.05, 0.1) is 14.2 Å². The summed E-state index contributed by atoms with van der Waals surface area (Å²) in [7, 11) is 3.04. The first-order valence-electron chi connectivity index (χ1n) is 6.18. The van der Waals surface area contributed by atoms with Crippen molar-refractivity contribution in [2.45, 2.75) is 6.92 Å². The Hall–Kier alpha value is -2.28. The number of benzene rings is 1. The van der Waals surface area contributed by atoms with Gasteiger partial charge in [-0.1, -0.05) is 12.2 Å². The van der Waals surface area contributed by atoms with Gasteiger partial charge in [0.2, 0.25) is 0 Å². The van der Waals surface area contributed by atoms with E-state index in [2.05, 4.69) is 22.7 Å². The minimum absolute atomic E-state index is 0.312. The minimum Gasteiger partial charge on any atom is -0.493 e. The van der Waals surface area contributed by atoms with Crippen LogP contribution in [0.4, 0.5) is 0 Å². The quantitative estimate of drug-likeness (QED) is 0.434. The summed E-state index contributed by atoms with van der Waals surface area (Å²) < 4.78 is 10.3. The molecule has 0 bridgehead atoms. The third-order valence-corrected chi connectivity index (χ3v) is 2.73. The van der Waals surface area contributed by atoms with Gasteiger partial charge in [-0.25, -0.2) is 0 Å². The van der Waals surface area contributed by atoms with Gasteiger partial charge in [-0.2, -0.15) is 0 Å². The van der Waals surface area contributed by atoms with E-state index in [-0.39, 0.29) is 5.91 Å². The molecule has 0 saturated carbocycles. The van der Waals surface area contributed by atoms with Crippen LogP contribution in [0.1, 0.15) is 17.3 Å². The van der Waals surface area contributed by atoms with Crippen LogP contribution in [0, 0.1) is 0 Å². The lowest BCUT2D eigenvalue weighted by atomic mass is 10.2. The van der Waals surface area contributed by atoms with Crippen molar-refractivity contribution in [2.24, 2.45) is 0 Å². The molecule has 7 heteroatoms. The van der Waals surface area contributed by atoms with Gasteiger partial charge in [-0.3, -0.25) is 15.6 Å². The van der Waals surface area contributed by atoms with Gasteiger partial charge in [0, 0.05) is 12.1 Å². The van der Waals surface area contributed by atoms with Crippen LogP contribution in [0.25, 0.3) is 0 Å². The first-order chi connectivity index (χ1) is 9.97. The summed E-state index contributed by atoms with van der Waals surface area (Å²) in [6.07, 6.45) is 0. The highest BCUT2D eigenvalue weighted by atomic mass is 32.1. The Balaban J connectivity index is 2.59. The number of carbonyl (C=O) groups is 1. The Morgan fingerprint density at radius 2 is 1.90 bits per heavy atom. The van der Waals surface area contributed by atoms with Gasteiger partial charge < -0.3 is 14.8 Å². The molecule has 0 fully saturated rings. The van der Waals surface area contributed by atoms with Gasteiger partial charge in [0.1, 0.15) is 0 Å². The molecule has 0 saturated heterocycles. The summed E-state index contributed by atoms with van der Waals surface area (Å²) in [6, 6.07) is 4.87. The van der Waals surface area contributed by atoms with Gasteiger partial charge in [-0.05, 0) is 37.3 Å². The summed E-state index contributed by atoms with van der Waals surface area (Å²) in [6.45, 7) is 6.15. The molecule has 0 radical (unpaired) electrons. The largest absolute Gasteiger partial charge is 0.493 e. The van der Waals surface area contributed by atoms with Crippen molar-refractivity contribution in [2.75, 3.05) is 20.8 Å². The summed E-state index contributed by atoms with van der Waals surface area (Å²) in [5.41, 5.74) is 6.46. The smallest absolute Gasteiger partial charge is 0.269 e. The number of ether oxygens (including phenoxy) is 2. The van der Waals surface area contributed by atoms with Crippen molar-refractivity contribution in [1.82, 2.24) is 16.2 Å². The van der Waals surface area contributed by atoms with Crippen LogP contribution in [0.5, 0.6) is 11.5 Å². The first-order valence-corrected chi connectivity index (χ1v) is 6.59. The molecule has 3 N–H and O–H groups in total. The molecule has 21 heavy (non-hydrogen) atoms. The maximum Gasteiger partial charge on any atom is 0.269 e. The van der Waals surface area contributed by atoms with E-state index in [0.717, 1.165) is 5.57 Å². The number of rotatable bonds is 5. The second-order valence-electron chi connectivity index (χ2n) is 4.29. The Labute approximate surface area is 129 Å². The van der Waals surface area contributed by atoms with E-state index in [1.165, 1.54) is 14.2 Å². The maximum absolute atomic E-state index is 12.0. The molecule has 6 nitrogen and oxygen atoms in total. The molecule has 0 aliphatic heterocycles. The lowest BCUT2D eigenvalue weighted by Crippen LogP contribution is -2.47. The van der Waals surface area contributed by atoms with E-state index in [9.17, 15) is 4.79 Å². The van der Waals surface area contributed by atoms with Crippen LogP contribution in [-0.4, -0.2) is 31.8 Å². The summed E-state index contributed by atoms with van der Waals surface area (Å²) in [5, 5.41) is 3.20. The Morgan fingerprint density at radius 3 is 2.48 bits per heavy atom. The van der Waals surface area contributed by atoms with E-state index in [1.54, 1.807) is 18.2 Å². The van der Waals surface area contributed by atoms with E-state index in [1.807, 2.05) is 6.92 Å². The second kappa shape index (κ2) is 8.11. The highest BCUT2D eigenvalue weighted by molar-refractivity contribution is 7.80. The van der Waals surface area contributed by atoms with E-state index >= 15 is 0 Å². The highest BCUT2D eigenvalue weighted by Crippen LogP contribution is 2.27. The zero-order chi connectivity index (χ0) is 15.8. The van der Waals surface area contributed by atoms with Gasteiger partial charge in [0.25, 0.3) is 5.91 Å². The number of hydrogen-bond acceptors (Lipinski definition) is 4. The number of hydrogen-bond donors (Lipinski definition) is 3. The standard InChI is InChI=1S/C14H19N3O3S/c1-9(2)8-15-14(21)17-16-13(18)10-5-6-11(19-3)12(7-10)20-4/h5-7H,1,8H2,2-4H3,(H,16,18)(H2,15,17,21). The summed E-state index contributed by atoms with van der Waals surface area (Å²) in [5.74, 6) is 0.698. The van der Waals surface area contributed by atoms with Crippen molar-refractivity contribution in [3.05, 3.63) is 35.9 Å². The predicted molar refractivity (Wildman–Crippen MR) is 85.6 cm³/mol. The normalized spacial score (nSPS) is 9.48. The van der Waals surface area contributed by atoms with Crippen LogP contribution in [0.15, 0.2) is 30.4 Å². The third kappa shape index (κ3) is 5.31. The van der Waals surface area contributed by atoms with Crippen LogP contribution < -0.4 is 25.6 Å². The van der Waals surface area contributed by atoms with Crippen molar-refractivity contribution in [1.29, 1.82) is 0 Å². The third-order valence-electron chi connectivity index (χ3n) is 2.49. The van der Waals surface area contributed by atoms with Crippen LogP contribution in [0.3, 0.4) is 0 Å². The van der Waals surface area contributed by atoms with Gasteiger partial charge in [-0.15, -0.1) is 0 Å². The van der Waals surface area contributed by atoms with E-state index in [4.69, 9.17) is 21.7 Å². The van der Waals surface area contributed by atoms with E-state index < -0.39 is 0 Å². The second-order valence-corrected chi connectivity index (χ2v) is 4.70. The topological polar surface area (TPSA) is 71.6 Å². The van der Waals surface area contributed by atoms with Crippen molar-refractivity contribution in [3.8, 4) is 11.5 Å². The van der Waals surface area contributed by atoms with Gasteiger partial charge >= 0.3 is 0 Å². The first kappa shape index (κ1) is 16.8. The van der Waals surface area contributed by atoms with E-state index in [0.29, 0.717) is 28.7 Å². The molecule has 0 aliphatic carbocycles. The molecule has 1 aromatic carbocycles. The van der Waals surface area contributed by atoms with Crippen molar-refractivity contribution >= 4 is 23.2 Å². The van der Waals surface area contributed by atoms with Crippen LogP contribution >= 0.6 is 12.2 Å². The average molecular weight is 309 g/mol. The number of methoxy groups -OCH3 is 2. The molecule has 0 aliphatic rings. The summed E-state index contributed by atoms with van der Waals surface area (Å²) >= 11 is 5.01. The zero-order valence-corrected chi connectivity index (χ0v) is 13.1. The van der Waals surface area contributed by atoms with Crippen LogP contribution in [0.2, 0.25) is 0 Å². The molecule has 0 aromatic heterocycles. The fraction of sp³-hybridized carbons (Fsp3) is 0.286. The average Bonchev–Trinajstić information content (AvgIpc) is 2.49. The zero-order valence-electron chi connectivity index (χ0n) is 12.3. The predicted octanol–water partition coefficient (Wildman–Crippen LogP) is 1.39. The van der Waals surface area contributed by atoms with Gasteiger partial charge in [0.15, 0.2) is 16.6 Å². The fourth-order valence-electron chi connectivity index (χ4n) is 1.44. The number of hydrazine groups is 1. The minimum atomic E-state index is -0.338. The molecule has 1 aromatic rings. The van der Waals surface area contributed by atoms with Crippen LogP contribution in [-0.2, 0) is 0 Å². The molecule has 1 amide bonds. The molecule has 0 heterocycles. The number of carbonyl (C=O) groups excluding carboxylic acids is 1.